The van der Waals surface area contributed by atoms with Crippen molar-refractivity contribution in [2.45, 2.75) is 50.7 Å². The van der Waals surface area contributed by atoms with Crippen LogP contribution in [0.5, 0.6) is 0 Å². The van der Waals surface area contributed by atoms with Gasteiger partial charge in [0, 0.05) is 37.2 Å². The highest BCUT2D eigenvalue weighted by Crippen LogP contribution is 2.26. The second-order valence-corrected chi connectivity index (χ2v) is 11.3. The van der Waals surface area contributed by atoms with Crippen LogP contribution in [0, 0.1) is 13.8 Å². The molecule has 9 nitrogen and oxygen atoms in total. The van der Waals surface area contributed by atoms with Crippen LogP contribution in [0.4, 0.5) is 4.39 Å². The molecule has 0 radical (unpaired) electrons. The summed E-state index contributed by atoms with van der Waals surface area (Å²) in [6, 6.07) is 3.40. The first-order chi connectivity index (χ1) is 15.8. The lowest BCUT2D eigenvalue weighted by molar-refractivity contribution is -0.124. The van der Waals surface area contributed by atoms with Gasteiger partial charge in [0.1, 0.15) is 6.67 Å². The van der Waals surface area contributed by atoms with E-state index in [0.29, 0.717) is 11.1 Å². The minimum atomic E-state index is -3.73. The van der Waals surface area contributed by atoms with E-state index in [4.69, 9.17) is 11.5 Å². The van der Waals surface area contributed by atoms with Gasteiger partial charge in [-0.25, -0.2) is 12.8 Å². The van der Waals surface area contributed by atoms with Crippen molar-refractivity contribution < 1.29 is 27.5 Å². The van der Waals surface area contributed by atoms with Crippen molar-refractivity contribution in [2.24, 2.45) is 11.5 Å². The third kappa shape index (κ3) is 5.48. The normalized spacial score (nSPS) is 21.0. The highest BCUT2D eigenvalue weighted by atomic mass is 32.2. The third-order valence-corrected chi connectivity index (χ3v) is 8.51. The summed E-state index contributed by atoms with van der Waals surface area (Å²) in [5.41, 5.74) is 11.3. The predicted octanol–water partition coefficient (Wildman–Crippen LogP) is 0.819. The van der Waals surface area contributed by atoms with E-state index in [9.17, 15) is 27.5 Å². The first kappa shape index (κ1) is 26.3. The van der Waals surface area contributed by atoms with Crippen molar-refractivity contribution in [1.29, 1.82) is 0 Å². The first-order valence-corrected chi connectivity index (χ1v) is 12.8. The van der Waals surface area contributed by atoms with E-state index in [2.05, 4.69) is 0 Å². The zero-order valence-corrected chi connectivity index (χ0v) is 20.4. The predicted molar refractivity (Wildman–Crippen MR) is 127 cm³/mol. The monoisotopic (exact) mass is 496 g/mol. The number of piperidine rings is 2. The molecule has 0 aromatic heterocycles. The standard InChI is InChI=1S/C23H33FN4O5S/c1-16-13-18(20(29)27-8-4-22(31,15-24)5-9-27)14-17(2)19(16)3-12-34(32,33)28-10-6-23(26,7-11-28)21(25)30/h3,12-14,31H,4-11,15,26H2,1-2H3,(H2,25,30). The van der Waals surface area contributed by atoms with Crippen LogP contribution in [0.25, 0.3) is 6.08 Å². The van der Waals surface area contributed by atoms with Crippen molar-refractivity contribution >= 4 is 27.9 Å². The molecule has 2 heterocycles. The number of hydrogen-bond acceptors (Lipinski definition) is 6. The van der Waals surface area contributed by atoms with Gasteiger partial charge in [0.15, 0.2) is 0 Å². The van der Waals surface area contributed by atoms with Crippen molar-refractivity contribution in [1.82, 2.24) is 9.21 Å². The number of rotatable bonds is 6. The Kier molecular flexibility index (Phi) is 7.51. The summed E-state index contributed by atoms with van der Waals surface area (Å²) in [4.78, 5) is 26.0. The molecule has 1 aromatic carbocycles. The van der Waals surface area contributed by atoms with Crippen molar-refractivity contribution in [2.75, 3.05) is 32.9 Å². The maximum Gasteiger partial charge on any atom is 0.253 e. The molecule has 0 spiro atoms. The van der Waals surface area contributed by atoms with Crippen LogP contribution in [-0.2, 0) is 14.8 Å². The summed E-state index contributed by atoms with van der Waals surface area (Å²) >= 11 is 0. The average Bonchev–Trinajstić information content (AvgIpc) is 2.78. The van der Waals surface area contributed by atoms with Crippen LogP contribution in [0.15, 0.2) is 17.5 Å². The lowest BCUT2D eigenvalue weighted by Gasteiger charge is -2.36. The molecule has 3 rings (SSSR count). The molecule has 0 aliphatic carbocycles. The van der Waals surface area contributed by atoms with Gasteiger partial charge in [0.2, 0.25) is 15.9 Å². The van der Waals surface area contributed by atoms with Crippen molar-refractivity contribution in [3.05, 3.63) is 39.8 Å². The molecule has 0 atom stereocenters. The number of alkyl halides is 1. The molecule has 5 N–H and O–H groups in total. The lowest BCUT2D eigenvalue weighted by Crippen LogP contribution is -2.58. The van der Waals surface area contributed by atoms with E-state index < -0.39 is 33.7 Å². The van der Waals surface area contributed by atoms with Crippen LogP contribution in [0.2, 0.25) is 0 Å². The molecule has 1 aromatic rings. The Hall–Kier alpha value is -2.34. The maximum atomic E-state index is 13.0. The van der Waals surface area contributed by atoms with Crippen LogP contribution >= 0.6 is 0 Å². The minimum Gasteiger partial charge on any atom is -0.387 e. The number of likely N-dealkylation sites (tertiary alicyclic amines) is 1. The second-order valence-electron chi connectivity index (χ2n) is 9.44. The molecule has 0 unspecified atom stereocenters. The molecule has 188 valence electrons. The molecule has 2 aliphatic rings. The molecular weight excluding hydrogens is 463 g/mol. The summed E-state index contributed by atoms with van der Waals surface area (Å²) < 4.78 is 39.8. The smallest absolute Gasteiger partial charge is 0.253 e. The van der Waals surface area contributed by atoms with Gasteiger partial charge in [0.05, 0.1) is 11.1 Å². The highest BCUT2D eigenvalue weighted by molar-refractivity contribution is 7.92. The second kappa shape index (κ2) is 9.73. The Morgan fingerprint density at radius 3 is 2.09 bits per heavy atom. The molecular formula is C23H33FN4O5S. The Morgan fingerprint density at radius 2 is 1.62 bits per heavy atom. The fraction of sp³-hybridized carbons (Fsp3) is 0.565. The fourth-order valence-corrected chi connectivity index (χ4v) is 5.60. The van der Waals surface area contributed by atoms with Gasteiger partial charge in [-0.1, -0.05) is 0 Å². The number of nitrogens with two attached hydrogens (primary N) is 2. The number of primary amides is 1. The van der Waals surface area contributed by atoms with Crippen molar-refractivity contribution in [3.63, 3.8) is 0 Å². The van der Waals surface area contributed by atoms with Gasteiger partial charge >= 0.3 is 0 Å². The topological polar surface area (TPSA) is 147 Å². The Bertz CT molecular complexity index is 1070. The van der Waals surface area contributed by atoms with E-state index in [1.165, 1.54) is 10.4 Å². The van der Waals surface area contributed by atoms with Crippen LogP contribution < -0.4 is 11.5 Å². The number of nitrogens with zero attached hydrogens (tertiary/aromatic N) is 2. The van der Waals surface area contributed by atoms with Crippen LogP contribution in [0.1, 0.15) is 52.7 Å². The van der Waals surface area contributed by atoms with Gasteiger partial charge in [-0.3, -0.25) is 9.59 Å². The van der Waals surface area contributed by atoms with Crippen LogP contribution in [-0.4, -0.2) is 78.5 Å². The minimum absolute atomic E-state index is 0.102. The number of halogens is 1. The zero-order chi connectivity index (χ0) is 25.3. The number of aliphatic hydroxyl groups is 1. The summed E-state index contributed by atoms with van der Waals surface area (Å²) in [5.74, 6) is -0.841. The Balaban J connectivity index is 1.72. The lowest BCUT2D eigenvalue weighted by atomic mass is 9.89. The number of hydrogen-bond donors (Lipinski definition) is 3. The van der Waals surface area contributed by atoms with Gasteiger partial charge in [-0.2, -0.15) is 4.31 Å². The first-order valence-electron chi connectivity index (χ1n) is 11.3. The van der Waals surface area contributed by atoms with Crippen molar-refractivity contribution in [3.8, 4) is 0 Å². The van der Waals surface area contributed by atoms with E-state index in [1.54, 1.807) is 30.9 Å². The average molecular weight is 497 g/mol. The quantitative estimate of drug-likeness (QED) is 0.531. The molecule has 2 saturated heterocycles. The number of benzene rings is 1. The number of carbonyl (C=O) groups is 2. The van der Waals surface area contributed by atoms with E-state index in [0.717, 1.165) is 16.5 Å². The number of aryl methyl sites for hydroxylation is 2. The summed E-state index contributed by atoms with van der Waals surface area (Å²) in [5, 5.41) is 11.2. The van der Waals surface area contributed by atoms with Crippen LogP contribution in [0.3, 0.4) is 0 Å². The molecule has 2 amide bonds. The van der Waals surface area contributed by atoms with E-state index in [-0.39, 0.29) is 57.8 Å². The van der Waals surface area contributed by atoms with Gasteiger partial charge < -0.3 is 21.5 Å². The molecule has 2 aliphatic heterocycles. The fourth-order valence-electron chi connectivity index (χ4n) is 4.43. The molecule has 2 fully saturated rings. The van der Waals surface area contributed by atoms with Gasteiger partial charge in [-0.15, -0.1) is 0 Å². The Morgan fingerprint density at radius 1 is 1.09 bits per heavy atom. The molecule has 0 bridgehead atoms. The number of amides is 2. The van der Waals surface area contributed by atoms with E-state index in [1.807, 2.05) is 0 Å². The largest absolute Gasteiger partial charge is 0.387 e. The zero-order valence-electron chi connectivity index (χ0n) is 19.6. The van der Waals surface area contributed by atoms with E-state index >= 15 is 0 Å². The summed E-state index contributed by atoms with van der Waals surface area (Å²) in [7, 11) is -3.73. The molecule has 11 heteroatoms. The summed E-state index contributed by atoms with van der Waals surface area (Å²) in [6.45, 7) is 3.51. The van der Waals surface area contributed by atoms with Gasteiger partial charge in [-0.05, 0) is 74.4 Å². The van der Waals surface area contributed by atoms with Gasteiger partial charge in [0.25, 0.3) is 5.91 Å². The molecule has 0 saturated carbocycles. The highest BCUT2D eigenvalue weighted by Gasteiger charge is 2.39. The maximum absolute atomic E-state index is 13.0. The third-order valence-electron chi connectivity index (χ3n) is 6.94. The Labute approximate surface area is 199 Å². The SMILES string of the molecule is Cc1cc(C(=O)N2CCC(O)(CF)CC2)cc(C)c1C=CS(=O)(=O)N1CCC(N)(C(N)=O)CC1. The number of carbonyl (C=O) groups excluding carboxylic acids is 2. The molecule has 34 heavy (non-hydrogen) atoms. The summed E-state index contributed by atoms with van der Waals surface area (Å²) in [6.07, 6.45) is 2.20. The number of sulfonamides is 1.